The van der Waals surface area contributed by atoms with Gasteiger partial charge in [0.25, 0.3) is 0 Å². The predicted molar refractivity (Wildman–Crippen MR) is 136 cm³/mol. The van der Waals surface area contributed by atoms with Crippen LogP contribution in [0.25, 0.3) is 11.1 Å². The van der Waals surface area contributed by atoms with Gasteiger partial charge in [0.15, 0.2) is 0 Å². The molecule has 4 N–H and O–H groups in total. The van der Waals surface area contributed by atoms with E-state index in [0.717, 1.165) is 33.4 Å². The van der Waals surface area contributed by atoms with Gasteiger partial charge in [-0.05, 0) is 57.7 Å². The normalized spacial score (nSPS) is 12.6. The van der Waals surface area contributed by atoms with Crippen molar-refractivity contribution in [1.29, 1.82) is 0 Å². The summed E-state index contributed by atoms with van der Waals surface area (Å²) in [4.78, 5) is 36.5. The van der Waals surface area contributed by atoms with Crippen molar-refractivity contribution in [2.45, 2.75) is 0 Å². The molecule has 4 aromatic rings. The van der Waals surface area contributed by atoms with E-state index in [1.165, 1.54) is 24.3 Å². The first kappa shape index (κ1) is 25.6. The third-order valence-electron chi connectivity index (χ3n) is 5.11. The van der Waals surface area contributed by atoms with Crippen LogP contribution in [0.1, 0.15) is 22.3 Å². The van der Waals surface area contributed by atoms with E-state index in [4.69, 9.17) is 28.6 Å². The zero-order chi connectivity index (χ0) is 25.8. The van der Waals surface area contributed by atoms with Gasteiger partial charge in [-0.3, -0.25) is 19.6 Å². The van der Waals surface area contributed by atoms with Gasteiger partial charge in [-0.2, -0.15) is 0 Å². The Kier molecular flexibility index (Phi) is 7.57. The lowest BCUT2D eigenvalue weighted by molar-refractivity contribution is 0.281. The average molecular weight is 524 g/mol. The van der Waals surface area contributed by atoms with Gasteiger partial charge in [-0.25, -0.2) is 9.13 Å². The zero-order valence-electron chi connectivity index (χ0n) is 18.7. The Morgan fingerprint density at radius 2 is 0.722 bits per heavy atom. The molecule has 0 aliphatic rings. The monoisotopic (exact) mass is 524 g/mol. The molecule has 0 saturated carbocycles. The van der Waals surface area contributed by atoms with Crippen LogP contribution in [0.4, 0.5) is 0 Å². The van der Waals surface area contributed by atoms with Crippen molar-refractivity contribution in [3.8, 4) is 11.5 Å². The Hall–Kier alpha value is -3.48. The van der Waals surface area contributed by atoms with E-state index < -0.39 is 15.6 Å². The first-order chi connectivity index (χ1) is 17.1. The van der Waals surface area contributed by atoms with Crippen molar-refractivity contribution in [3.63, 3.8) is 0 Å². The van der Waals surface area contributed by atoms with Crippen LogP contribution in [-0.4, -0.2) is 19.6 Å². The van der Waals surface area contributed by atoms with Gasteiger partial charge in [-0.1, -0.05) is 84.9 Å². The van der Waals surface area contributed by atoms with Crippen LogP contribution in [-0.2, 0) is 9.13 Å². The number of phosphoric acid groups is 2. The van der Waals surface area contributed by atoms with Crippen molar-refractivity contribution in [1.82, 2.24) is 0 Å². The summed E-state index contributed by atoms with van der Waals surface area (Å²) in [6.45, 7) is 0. The second-order valence-electron chi connectivity index (χ2n) is 7.69. The molecule has 0 radical (unpaired) electrons. The highest BCUT2D eigenvalue weighted by Gasteiger charge is 2.20. The van der Waals surface area contributed by atoms with E-state index in [0.29, 0.717) is 0 Å². The lowest BCUT2D eigenvalue weighted by Gasteiger charge is -2.19. The van der Waals surface area contributed by atoms with Crippen LogP contribution >= 0.6 is 15.6 Å². The Morgan fingerprint density at radius 1 is 0.444 bits per heavy atom. The SMILES string of the molecule is O=P(O)(O)Oc1ccc(C(=C(c2ccccc2)c2ccc(OP(=O)(O)O)cc2)c2ccccc2)cc1. The molecule has 184 valence electrons. The second kappa shape index (κ2) is 10.6. The van der Waals surface area contributed by atoms with E-state index in [9.17, 15) is 9.13 Å². The van der Waals surface area contributed by atoms with E-state index in [-0.39, 0.29) is 11.5 Å². The molecule has 0 unspecified atom stereocenters. The van der Waals surface area contributed by atoms with Gasteiger partial charge in [0.2, 0.25) is 0 Å². The van der Waals surface area contributed by atoms with Crippen LogP contribution in [0.2, 0.25) is 0 Å². The molecule has 4 rings (SSSR count). The van der Waals surface area contributed by atoms with Crippen LogP contribution in [0.5, 0.6) is 11.5 Å². The van der Waals surface area contributed by atoms with E-state index >= 15 is 0 Å². The van der Waals surface area contributed by atoms with E-state index in [1.54, 1.807) is 24.3 Å². The Labute approximate surface area is 207 Å². The summed E-state index contributed by atoms with van der Waals surface area (Å²) in [6, 6.07) is 32.0. The highest BCUT2D eigenvalue weighted by molar-refractivity contribution is 7.47. The van der Waals surface area contributed by atoms with E-state index in [1.807, 2.05) is 60.7 Å². The summed E-state index contributed by atoms with van der Waals surface area (Å²) in [5.41, 5.74) is 4.94. The smallest absolute Gasteiger partial charge is 0.404 e. The minimum absolute atomic E-state index is 0.0275. The van der Waals surface area contributed by atoms with Gasteiger partial charge >= 0.3 is 15.6 Å². The molecule has 0 aliphatic carbocycles. The fraction of sp³-hybridized carbons (Fsp3) is 0. The second-order valence-corrected chi connectivity index (χ2v) is 10.0. The average Bonchev–Trinajstić information content (AvgIpc) is 2.83. The Morgan fingerprint density at radius 3 is 1.00 bits per heavy atom. The largest absolute Gasteiger partial charge is 0.524 e. The lowest BCUT2D eigenvalue weighted by atomic mass is 9.86. The van der Waals surface area contributed by atoms with Gasteiger partial charge in [-0.15, -0.1) is 0 Å². The summed E-state index contributed by atoms with van der Waals surface area (Å²) in [5, 5.41) is 0. The summed E-state index contributed by atoms with van der Waals surface area (Å²) >= 11 is 0. The van der Waals surface area contributed by atoms with Crippen molar-refractivity contribution in [2.75, 3.05) is 0 Å². The molecule has 0 aromatic heterocycles. The zero-order valence-corrected chi connectivity index (χ0v) is 20.5. The topological polar surface area (TPSA) is 134 Å². The third kappa shape index (κ3) is 6.80. The molecule has 0 saturated heterocycles. The Balaban J connectivity index is 1.93. The molecule has 0 spiro atoms. The van der Waals surface area contributed by atoms with Crippen molar-refractivity contribution in [2.24, 2.45) is 0 Å². The summed E-state index contributed by atoms with van der Waals surface area (Å²) in [5.74, 6) is 0.0550. The third-order valence-corrected chi connectivity index (χ3v) is 6.01. The number of rotatable bonds is 8. The van der Waals surface area contributed by atoms with Gasteiger partial charge in [0.05, 0.1) is 0 Å². The molecule has 10 heteroatoms. The molecule has 36 heavy (non-hydrogen) atoms. The van der Waals surface area contributed by atoms with Gasteiger partial charge in [0.1, 0.15) is 11.5 Å². The fourth-order valence-corrected chi connectivity index (χ4v) is 4.55. The Bertz CT molecular complexity index is 1330. The van der Waals surface area contributed by atoms with Crippen molar-refractivity contribution in [3.05, 3.63) is 131 Å². The highest BCUT2D eigenvalue weighted by Crippen LogP contribution is 2.42. The summed E-state index contributed by atoms with van der Waals surface area (Å²) < 4.78 is 31.9. The summed E-state index contributed by atoms with van der Waals surface area (Å²) in [6.07, 6.45) is 0. The van der Waals surface area contributed by atoms with Crippen LogP contribution in [0.15, 0.2) is 109 Å². The molecular formula is C26H22O8P2. The van der Waals surface area contributed by atoms with Crippen molar-refractivity contribution >= 4 is 26.8 Å². The maximum atomic E-state index is 11.2. The van der Waals surface area contributed by atoms with Crippen LogP contribution in [0.3, 0.4) is 0 Å². The highest BCUT2D eigenvalue weighted by atomic mass is 31.2. The molecule has 0 heterocycles. The van der Waals surface area contributed by atoms with Crippen LogP contribution in [0, 0.1) is 0 Å². The number of hydrogen-bond donors (Lipinski definition) is 4. The van der Waals surface area contributed by atoms with Gasteiger partial charge < -0.3 is 9.05 Å². The first-order valence-electron chi connectivity index (χ1n) is 10.7. The summed E-state index contributed by atoms with van der Waals surface area (Å²) in [7, 11) is -9.40. The lowest BCUT2D eigenvalue weighted by Crippen LogP contribution is -1.98. The molecular weight excluding hydrogens is 502 g/mol. The molecule has 0 bridgehead atoms. The van der Waals surface area contributed by atoms with E-state index in [2.05, 4.69) is 0 Å². The minimum Gasteiger partial charge on any atom is -0.404 e. The molecule has 4 aromatic carbocycles. The fourth-order valence-electron chi connectivity index (χ4n) is 3.76. The van der Waals surface area contributed by atoms with Gasteiger partial charge in [0, 0.05) is 0 Å². The number of benzene rings is 4. The molecule has 0 fully saturated rings. The first-order valence-corrected chi connectivity index (χ1v) is 13.7. The minimum atomic E-state index is -4.70. The molecule has 0 aliphatic heterocycles. The number of phosphoric ester groups is 2. The predicted octanol–water partition coefficient (Wildman–Crippen LogP) is 5.64. The maximum Gasteiger partial charge on any atom is 0.524 e. The molecule has 0 amide bonds. The maximum absolute atomic E-state index is 11.2. The van der Waals surface area contributed by atoms with Crippen LogP contribution < -0.4 is 9.05 Å². The molecule has 8 nitrogen and oxygen atoms in total. The quantitative estimate of drug-likeness (QED) is 0.172. The number of hydrogen-bond acceptors (Lipinski definition) is 4. The van der Waals surface area contributed by atoms with Crippen molar-refractivity contribution < 1.29 is 37.8 Å². The standard InChI is InChI=1S/C26H22O8P2/c27-35(28,29)33-23-15-11-21(12-16-23)25(19-7-3-1-4-8-19)26(20-9-5-2-6-10-20)22-13-17-24(18-14-22)34-36(30,31)32/h1-18H,(H2,27,28,29)(H2,30,31,32). The molecule has 0 atom stereocenters.